The van der Waals surface area contributed by atoms with E-state index in [1.165, 1.54) is 18.2 Å². The van der Waals surface area contributed by atoms with Crippen LogP contribution in [0.5, 0.6) is 0 Å². The Morgan fingerprint density at radius 1 is 1.13 bits per heavy atom. The topological polar surface area (TPSA) is 118 Å². The number of nitrogens with two attached hydrogens (primary N) is 1. The number of sulfonamides is 1. The molecule has 1 aliphatic rings. The maximum absolute atomic E-state index is 13.9. The van der Waals surface area contributed by atoms with Gasteiger partial charge in [0.1, 0.15) is 11.6 Å². The van der Waals surface area contributed by atoms with Gasteiger partial charge in [-0.3, -0.25) is 4.79 Å². The highest BCUT2D eigenvalue weighted by atomic mass is 32.2. The molecular weight excluding hydrogens is 510 g/mol. The minimum absolute atomic E-state index is 0.0181. The predicted octanol–water partition coefficient (Wildman–Crippen LogP) is 5.89. The molecule has 3 heterocycles. The molecule has 2 unspecified atom stereocenters. The van der Waals surface area contributed by atoms with Crippen LogP contribution in [0.4, 0.5) is 11.6 Å². The number of hydrogen-bond acceptors (Lipinski definition) is 7. The van der Waals surface area contributed by atoms with E-state index < -0.39 is 15.9 Å². The molecular formula is C30H47N5O3S. The van der Waals surface area contributed by atoms with Gasteiger partial charge in [0.25, 0.3) is 15.9 Å². The molecule has 2 aromatic rings. The standard InChI is InChI=1S/C30H47N5O3S/c1-18-16-30(10,11)35(17-18)26-22(27(36)34-39(37,38)24-14-12-13-23(31)32-24)15-21(25(33-26)29(7,8)9)19(2)20(3)28(4,5)6/h12-15,18-20H,16-17H2,1-11H3,(H2,31,32)(H,34,36)/t18-,19?,20?/m0/s1. The number of amides is 1. The maximum atomic E-state index is 13.9. The van der Waals surface area contributed by atoms with Crippen LogP contribution in [0.2, 0.25) is 0 Å². The lowest BCUT2D eigenvalue weighted by atomic mass is 9.70. The molecule has 1 amide bonds. The van der Waals surface area contributed by atoms with Gasteiger partial charge in [-0.1, -0.05) is 68.4 Å². The van der Waals surface area contributed by atoms with Crippen LogP contribution in [-0.4, -0.2) is 36.4 Å². The van der Waals surface area contributed by atoms with Crippen molar-refractivity contribution in [1.82, 2.24) is 14.7 Å². The molecule has 216 valence electrons. The largest absolute Gasteiger partial charge is 0.384 e. The zero-order valence-corrected chi connectivity index (χ0v) is 26.3. The van der Waals surface area contributed by atoms with Gasteiger partial charge in [-0.05, 0) is 67.2 Å². The molecule has 8 nitrogen and oxygen atoms in total. The first-order chi connectivity index (χ1) is 17.6. The summed E-state index contributed by atoms with van der Waals surface area (Å²) in [5.74, 6) is 0.588. The number of nitrogens with one attached hydrogen (secondary N) is 1. The molecule has 0 radical (unpaired) electrons. The van der Waals surface area contributed by atoms with Gasteiger partial charge >= 0.3 is 0 Å². The summed E-state index contributed by atoms with van der Waals surface area (Å²) < 4.78 is 28.6. The molecule has 9 heteroatoms. The van der Waals surface area contributed by atoms with Gasteiger partial charge in [-0.15, -0.1) is 0 Å². The average molecular weight is 558 g/mol. The first-order valence-corrected chi connectivity index (χ1v) is 15.3. The van der Waals surface area contributed by atoms with Gasteiger partial charge in [0.15, 0.2) is 5.03 Å². The summed E-state index contributed by atoms with van der Waals surface area (Å²) in [5, 5.41) is -0.304. The third-order valence-corrected chi connectivity index (χ3v) is 9.40. The Hall–Kier alpha value is -2.68. The molecule has 1 saturated heterocycles. The SMILES string of the molecule is CC(c1cc(C(=O)NS(=O)(=O)c2cccc(N)n2)c(N2C[C@@H](C)CC2(C)C)nc1C(C)(C)C)C(C)C(C)(C)C. The Kier molecular flexibility index (Phi) is 8.21. The van der Waals surface area contributed by atoms with Crippen LogP contribution in [0, 0.1) is 17.3 Å². The fraction of sp³-hybridized carbons (Fsp3) is 0.633. The highest BCUT2D eigenvalue weighted by molar-refractivity contribution is 7.90. The third-order valence-electron chi connectivity index (χ3n) is 8.17. The fourth-order valence-corrected chi connectivity index (χ4v) is 6.57. The second-order valence-electron chi connectivity index (χ2n) is 14.1. The number of nitrogen functional groups attached to an aromatic ring is 1. The van der Waals surface area contributed by atoms with Crippen LogP contribution in [-0.2, 0) is 15.4 Å². The molecule has 3 N–H and O–H groups in total. The zero-order valence-electron chi connectivity index (χ0n) is 25.5. The van der Waals surface area contributed by atoms with Crippen molar-refractivity contribution < 1.29 is 13.2 Å². The van der Waals surface area contributed by atoms with Crippen LogP contribution < -0.4 is 15.4 Å². The van der Waals surface area contributed by atoms with Gasteiger partial charge in [-0.25, -0.2) is 14.7 Å². The molecule has 1 fully saturated rings. The van der Waals surface area contributed by atoms with Gasteiger partial charge in [-0.2, -0.15) is 8.42 Å². The Labute approximate surface area is 235 Å². The summed E-state index contributed by atoms with van der Waals surface area (Å²) >= 11 is 0. The van der Waals surface area contributed by atoms with Gasteiger partial charge in [0, 0.05) is 17.5 Å². The van der Waals surface area contributed by atoms with Crippen LogP contribution in [0.1, 0.15) is 110 Å². The van der Waals surface area contributed by atoms with Crippen LogP contribution in [0.25, 0.3) is 0 Å². The van der Waals surface area contributed by atoms with Gasteiger partial charge in [0.05, 0.1) is 11.3 Å². The lowest BCUT2D eigenvalue weighted by Crippen LogP contribution is -2.42. The lowest BCUT2D eigenvalue weighted by Gasteiger charge is -2.38. The highest BCUT2D eigenvalue weighted by Crippen LogP contribution is 2.44. The van der Waals surface area contributed by atoms with E-state index in [0.29, 0.717) is 11.7 Å². The van der Waals surface area contributed by atoms with Crippen LogP contribution in [0.3, 0.4) is 0 Å². The first kappa shape index (κ1) is 30.9. The summed E-state index contributed by atoms with van der Waals surface area (Å²) in [7, 11) is -4.26. The second kappa shape index (κ2) is 10.4. The first-order valence-electron chi connectivity index (χ1n) is 13.8. The van der Waals surface area contributed by atoms with Gasteiger partial charge in [0.2, 0.25) is 0 Å². The minimum Gasteiger partial charge on any atom is -0.384 e. The number of aromatic nitrogens is 2. The zero-order chi connectivity index (χ0) is 29.7. The molecule has 0 aromatic carbocycles. The van der Waals surface area contributed by atoms with Crippen molar-refractivity contribution in [3.8, 4) is 0 Å². The normalized spacial score (nSPS) is 19.6. The second-order valence-corrected chi connectivity index (χ2v) is 15.7. The van der Waals surface area contributed by atoms with E-state index in [-0.39, 0.29) is 44.6 Å². The number of nitrogens with zero attached hydrogens (tertiary/aromatic N) is 3. The molecule has 39 heavy (non-hydrogen) atoms. The smallest absolute Gasteiger partial charge is 0.281 e. The maximum Gasteiger partial charge on any atom is 0.281 e. The summed E-state index contributed by atoms with van der Waals surface area (Å²) in [6.07, 6.45) is 0.936. The number of rotatable bonds is 6. The highest BCUT2D eigenvalue weighted by Gasteiger charge is 2.41. The summed E-state index contributed by atoms with van der Waals surface area (Å²) in [6, 6.07) is 6.19. The molecule has 3 rings (SSSR count). The Bertz CT molecular complexity index is 1340. The molecule has 0 aliphatic carbocycles. The Morgan fingerprint density at radius 2 is 1.74 bits per heavy atom. The molecule has 1 aliphatic heterocycles. The van der Waals surface area contributed by atoms with Crippen molar-refractivity contribution in [1.29, 1.82) is 0 Å². The minimum atomic E-state index is -4.26. The number of anilines is 2. The summed E-state index contributed by atoms with van der Waals surface area (Å²) in [4.78, 5) is 25.2. The van der Waals surface area contributed by atoms with Crippen LogP contribution in [0.15, 0.2) is 29.3 Å². The van der Waals surface area contributed by atoms with Crippen molar-refractivity contribution in [3.05, 3.63) is 41.1 Å². The number of hydrogen-bond donors (Lipinski definition) is 2. The number of carbonyl (C=O) groups is 1. The molecule has 0 spiro atoms. The van der Waals surface area contributed by atoms with E-state index >= 15 is 0 Å². The van der Waals surface area contributed by atoms with Crippen molar-refractivity contribution in [3.63, 3.8) is 0 Å². The quantitative estimate of drug-likeness (QED) is 0.455. The predicted molar refractivity (Wildman–Crippen MR) is 158 cm³/mol. The fourth-order valence-electron chi connectivity index (χ4n) is 5.63. The van der Waals surface area contributed by atoms with Crippen molar-refractivity contribution in [2.24, 2.45) is 17.3 Å². The Morgan fingerprint density at radius 3 is 2.23 bits per heavy atom. The number of pyridine rings is 2. The van der Waals surface area contributed by atoms with E-state index in [1.54, 1.807) is 0 Å². The summed E-state index contributed by atoms with van der Waals surface area (Å²) in [5.41, 5.74) is 7.32. The van der Waals surface area contributed by atoms with Crippen molar-refractivity contribution in [2.45, 2.75) is 104 Å². The summed E-state index contributed by atoms with van der Waals surface area (Å²) in [6.45, 7) is 24.6. The molecule has 3 atom stereocenters. The molecule has 2 aromatic heterocycles. The van der Waals surface area contributed by atoms with Crippen molar-refractivity contribution >= 4 is 27.6 Å². The number of carbonyl (C=O) groups excluding carboxylic acids is 1. The van der Waals surface area contributed by atoms with E-state index in [9.17, 15) is 13.2 Å². The average Bonchev–Trinajstić information content (AvgIpc) is 3.07. The molecule has 0 saturated carbocycles. The Balaban J connectivity index is 2.26. The third kappa shape index (κ3) is 6.56. The van der Waals surface area contributed by atoms with Gasteiger partial charge < -0.3 is 10.6 Å². The van der Waals surface area contributed by atoms with E-state index in [4.69, 9.17) is 10.7 Å². The van der Waals surface area contributed by atoms with Crippen molar-refractivity contribution in [2.75, 3.05) is 17.2 Å². The molecule has 0 bridgehead atoms. The van der Waals surface area contributed by atoms with Crippen LogP contribution >= 0.6 is 0 Å². The lowest BCUT2D eigenvalue weighted by molar-refractivity contribution is 0.0981. The van der Waals surface area contributed by atoms with E-state index in [0.717, 1.165) is 24.2 Å². The van der Waals surface area contributed by atoms with E-state index in [1.807, 2.05) is 6.07 Å². The van der Waals surface area contributed by atoms with E-state index in [2.05, 4.69) is 90.8 Å². The monoisotopic (exact) mass is 557 g/mol.